The Morgan fingerprint density at radius 3 is 3.05 bits per heavy atom. The molecule has 0 aromatic carbocycles. The molecule has 1 atom stereocenters. The lowest BCUT2D eigenvalue weighted by Gasteiger charge is -2.33. The molecule has 1 unspecified atom stereocenters. The predicted octanol–water partition coefficient (Wildman–Crippen LogP) is 0.342. The van der Waals surface area contributed by atoms with Gasteiger partial charge in [-0.15, -0.1) is 11.3 Å². The van der Waals surface area contributed by atoms with Crippen molar-refractivity contribution in [2.24, 2.45) is 5.41 Å². The summed E-state index contributed by atoms with van der Waals surface area (Å²) in [4.78, 5) is 20.3. The number of fused-ring (bicyclic) bond motifs is 1. The average molecular weight is 321 g/mol. The van der Waals surface area contributed by atoms with Crippen LogP contribution in [-0.4, -0.2) is 48.0 Å². The zero-order valence-corrected chi connectivity index (χ0v) is 13.5. The van der Waals surface area contributed by atoms with E-state index in [4.69, 9.17) is 5.73 Å². The van der Waals surface area contributed by atoms with E-state index in [0.29, 0.717) is 17.1 Å². The number of hydrogen-bond donors (Lipinski definition) is 3. The minimum Gasteiger partial charge on any atom is -0.375 e. The molecule has 6 nitrogen and oxygen atoms in total. The molecule has 7 heteroatoms. The van der Waals surface area contributed by atoms with Crippen molar-refractivity contribution in [3.63, 3.8) is 0 Å². The molecule has 1 aromatic rings. The molecule has 4 rings (SSSR count). The predicted molar refractivity (Wildman–Crippen MR) is 86.6 cm³/mol. The number of thiazole rings is 1. The molecule has 0 radical (unpaired) electrons. The van der Waals surface area contributed by atoms with Crippen LogP contribution in [0.4, 0.5) is 5.13 Å². The van der Waals surface area contributed by atoms with Gasteiger partial charge in [-0.2, -0.15) is 0 Å². The molecule has 3 aliphatic heterocycles. The van der Waals surface area contributed by atoms with Crippen molar-refractivity contribution >= 4 is 22.4 Å². The van der Waals surface area contributed by atoms with Crippen LogP contribution in [0.15, 0.2) is 0 Å². The quantitative estimate of drug-likeness (QED) is 0.695. The van der Waals surface area contributed by atoms with Gasteiger partial charge in [-0.3, -0.25) is 4.79 Å². The summed E-state index contributed by atoms with van der Waals surface area (Å²) >= 11 is 1.52. The smallest absolute Gasteiger partial charge is 0.240 e. The molecule has 1 spiro atoms. The topological polar surface area (TPSA) is 83.3 Å². The van der Waals surface area contributed by atoms with E-state index >= 15 is 0 Å². The van der Waals surface area contributed by atoms with Crippen LogP contribution in [0, 0.1) is 5.41 Å². The zero-order valence-electron chi connectivity index (χ0n) is 12.7. The Balaban J connectivity index is 1.42. The second-order valence-electron chi connectivity index (χ2n) is 6.82. The maximum Gasteiger partial charge on any atom is 0.240 e. The van der Waals surface area contributed by atoms with E-state index in [1.807, 2.05) is 4.90 Å². The van der Waals surface area contributed by atoms with E-state index in [-0.39, 0.29) is 11.9 Å². The minimum absolute atomic E-state index is 0.00933. The third kappa shape index (κ3) is 2.51. The molecule has 1 aromatic heterocycles. The molecular weight excluding hydrogens is 298 g/mol. The Morgan fingerprint density at radius 1 is 1.41 bits per heavy atom. The molecule has 2 saturated heterocycles. The summed E-state index contributed by atoms with van der Waals surface area (Å²) in [5.41, 5.74) is 7.20. The summed E-state index contributed by atoms with van der Waals surface area (Å²) in [6, 6.07) is -0.00933. The molecule has 120 valence electrons. The molecular formula is C15H23N5OS. The Labute approximate surface area is 134 Å². The van der Waals surface area contributed by atoms with Gasteiger partial charge in [-0.25, -0.2) is 4.98 Å². The highest BCUT2D eigenvalue weighted by Gasteiger charge is 2.43. The monoisotopic (exact) mass is 321 g/mol. The first-order valence-electron chi connectivity index (χ1n) is 8.12. The van der Waals surface area contributed by atoms with Gasteiger partial charge in [0.2, 0.25) is 5.91 Å². The average Bonchev–Trinajstić information content (AvgIpc) is 3.09. The lowest BCUT2D eigenvalue weighted by atomic mass is 9.77. The lowest BCUT2D eigenvalue weighted by molar-refractivity contribution is -0.134. The van der Waals surface area contributed by atoms with Crippen LogP contribution in [0.3, 0.4) is 0 Å². The molecule has 4 N–H and O–H groups in total. The van der Waals surface area contributed by atoms with Gasteiger partial charge in [0, 0.05) is 24.4 Å². The lowest BCUT2D eigenvalue weighted by Crippen LogP contribution is -2.45. The number of hydrogen-bond acceptors (Lipinski definition) is 6. The van der Waals surface area contributed by atoms with Crippen molar-refractivity contribution in [3.05, 3.63) is 10.6 Å². The van der Waals surface area contributed by atoms with Gasteiger partial charge in [0.05, 0.1) is 18.3 Å². The van der Waals surface area contributed by atoms with Gasteiger partial charge in [0.25, 0.3) is 0 Å². The zero-order chi connectivity index (χ0) is 15.2. The molecule has 3 aliphatic rings. The highest BCUT2D eigenvalue weighted by Crippen LogP contribution is 2.38. The number of nitrogens with one attached hydrogen (secondary N) is 2. The van der Waals surface area contributed by atoms with E-state index in [0.717, 1.165) is 49.6 Å². The number of aromatic nitrogens is 1. The first-order valence-corrected chi connectivity index (χ1v) is 8.94. The van der Waals surface area contributed by atoms with Gasteiger partial charge in [0.15, 0.2) is 5.13 Å². The number of rotatable bonds is 1. The van der Waals surface area contributed by atoms with Gasteiger partial charge in [-0.1, -0.05) is 0 Å². The number of nitrogens with two attached hydrogens (primary N) is 1. The fraction of sp³-hybridized carbons (Fsp3) is 0.733. The largest absolute Gasteiger partial charge is 0.375 e. The highest BCUT2D eigenvalue weighted by atomic mass is 32.1. The first-order chi connectivity index (χ1) is 10.7. The Morgan fingerprint density at radius 2 is 2.23 bits per heavy atom. The molecule has 2 fully saturated rings. The summed E-state index contributed by atoms with van der Waals surface area (Å²) in [7, 11) is 0. The van der Waals surface area contributed by atoms with Crippen LogP contribution in [0.1, 0.15) is 29.8 Å². The second kappa shape index (κ2) is 5.47. The molecule has 1 amide bonds. The van der Waals surface area contributed by atoms with Crippen molar-refractivity contribution in [1.29, 1.82) is 0 Å². The summed E-state index contributed by atoms with van der Waals surface area (Å²) in [6.07, 6.45) is 4.18. The third-order valence-electron chi connectivity index (χ3n) is 5.38. The Kier molecular flexibility index (Phi) is 3.58. The molecule has 22 heavy (non-hydrogen) atoms. The second-order valence-corrected chi connectivity index (χ2v) is 7.93. The van der Waals surface area contributed by atoms with Crippen molar-refractivity contribution < 1.29 is 4.79 Å². The number of anilines is 1. The van der Waals surface area contributed by atoms with Crippen LogP contribution in [0.2, 0.25) is 0 Å². The van der Waals surface area contributed by atoms with E-state index in [9.17, 15) is 4.79 Å². The van der Waals surface area contributed by atoms with Crippen LogP contribution in [0.5, 0.6) is 0 Å². The number of nitrogen functional groups attached to an aromatic ring is 1. The van der Waals surface area contributed by atoms with Crippen LogP contribution in [0.25, 0.3) is 0 Å². The van der Waals surface area contributed by atoms with Crippen LogP contribution >= 0.6 is 11.3 Å². The van der Waals surface area contributed by atoms with Crippen molar-refractivity contribution in [3.8, 4) is 0 Å². The van der Waals surface area contributed by atoms with E-state index in [1.54, 1.807) is 0 Å². The number of carbonyl (C=O) groups is 1. The van der Waals surface area contributed by atoms with E-state index < -0.39 is 0 Å². The summed E-state index contributed by atoms with van der Waals surface area (Å²) < 4.78 is 0. The maximum atomic E-state index is 12.8. The molecule has 0 bridgehead atoms. The molecule has 0 saturated carbocycles. The van der Waals surface area contributed by atoms with Crippen molar-refractivity contribution in [1.82, 2.24) is 20.5 Å². The number of amides is 1. The van der Waals surface area contributed by atoms with E-state index in [2.05, 4.69) is 15.6 Å². The normalized spacial score (nSPS) is 27.1. The Bertz CT molecular complexity index is 580. The van der Waals surface area contributed by atoms with Gasteiger partial charge in [-0.05, 0) is 37.8 Å². The van der Waals surface area contributed by atoms with Crippen molar-refractivity contribution in [2.45, 2.75) is 38.3 Å². The highest BCUT2D eigenvalue weighted by molar-refractivity contribution is 7.15. The van der Waals surface area contributed by atoms with Gasteiger partial charge < -0.3 is 21.3 Å². The standard InChI is InChI=1S/C15H23N5OS/c16-14-19-10-1-6-20(8-12(10)22-14)13(21)11-7-15(9-18-11)2-4-17-5-3-15/h11,17-18H,1-9H2,(H2,16,19). The SMILES string of the molecule is Nc1nc2c(s1)CN(C(=O)C1CC3(CCNCC3)CN1)CC2. The number of nitrogens with zero attached hydrogens (tertiary/aromatic N) is 2. The fourth-order valence-corrected chi connectivity index (χ4v) is 4.95. The van der Waals surface area contributed by atoms with Gasteiger partial charge in [0.1, 0.15) is 0 Å². The van der Waals surface area contributed by atoms with Crippen molar-refractivity contribution in [2.75, 3.05) is 31.9 Å². The summed E-state index contributed by atoms with van der Waals surface area (Å²) in [6.45, 7) is 4.58. The Hall–Kier alpha value is -1.18. The summed E-state index contributed by atoms with van der Waals surface area (Å²) in [5.74, 6) is 0.257. The van der Waals surface area contributed by atoms with Gasteiger partial charge >= 0.3 is 0 Å². The molecule has 0 aliphatic carbocycles. The molecule has 4 heterocycles. The van der Waals surface area contributed by atoms with E-state index in [1.165, 1.54) is 24.2 Å². The maximum absolute atomic E-state index is 12.8. The third-order valence-corrected chi connectivity index (χ3v) is 6.29. The fourth-order valence-electron chi connectivity index (χ4n) is 4.05. The van der Waals surface area contributed by atoms with Crippen LogP contribution < -0.4 is 16.4 Å². The minimum atomic E-state index is -0.00933. The summed E-state index contributed by atoms with van der Waals surface area (Å²) in [5, 5.41) is 7.52. The van der Waals surface area contributed by atoms with Crippen LogP contribution in [-0.2, 0) is 17.8 Å². The number of carbonyl (C=O) groups excluding carboxylic acids is 1. The first kappa shape index (κ1) is 14.4. The number of piperidine rings is 1.